The summed E-state index contributed by atoms with van der Waals surface area (Å²) in [6.07, 6.45) is 0.923. The van der Waals surface area contributed by atoms with E-state index in [9.17, 15) is 9.18 Å². The number of halogens is 1. The monoisotopic (exact) mass is 490 g/mol. The molecule has 4 rings (SSSR count). The molecule has 2 heterocycles. The van der Waals surface area contributed by atoms with Crippen LogP contribution in [0, 0.1) is 11.7 Å². The molecule has 0 bridgehead atoms. The topological polar surface area (TPSA) is 79.7 Å². The zero-order chi connectivity index (χ0) is 26.0. The maximum Gasteiger partial charge on any atom is 0.252 e. The summed E-state index contributed by atoms with van der Waals surface area (Å²) in [5.74, 6) is 0.606. The Balaban J connectivity index is 1.81. The van der Waals surface area contributed by atoms with Gasteiger partial charge in [0.2, 0.25) is 0 Å². The van der Waals surface area contributed by atoms with Gasteiger partial charge >= 0.3 is 0 Å². The Morgan fingerprint density at radius 1 is 1.03 bits per heavy atom. The summed E-state index contributed by atoms with van der Waals surface area (Å²) in [6, 6.07) is 14.4. The number of nitrogens with one attached hydrogen (secondary N) is 1. The van der Waals surface area contributed by atoms with Crippen molar-refractivity contribution >= 4 is 10.9 Å². The van der Waals surface area contributed by atoms with Crippen molar-refractivity contribution in [3.05, 3.63) is 87.2 Å². The fraction of sp³-hybridized carbons (Fsp3) is 0.429. The molecule has 0 radical (unpaired) electrons. The third-order valence-corrected chi connectivity index (χ3v) is 6.48. The molecule has 4 aromatic rings. The molecule has 0 spiro atoms. The number of tetrazole rings is 1. The molecule has 0 saturated carbocycles. The van der Waals surface area contributed by atoms with Gasteiger partial charge in [-0.3, -0.25) is 9.69 Å². The maximum absolute atomic E-state index is 13.6. The van der Waals surface area contributed by atoms with Crippen LogP contribution in [0.4, 0.5) is 4.39 Å². The summed E-state index contributed by atoms with van der Waals surface area (Å²) >= 11 is 0. The van der Waals surface area contributed by atoms with Gasteiger partial charge in [-0.05, 0) is 90.4 Å². The summed E-state index contributed by atoms with van der Waals surface area (Å²) in [6.45, 7) is 13.5. The number of aromatic amines is 1. The first-order valence-electron chi connectivity index (χ1n) is 12.5. The van der Waals surface area contributed by atoms with Crippen LogP contribution < -0.4 is 5.56 Å². The van der Waals surface area contributed by atoms with Gasteiger partial charge in [0.25, 0.3) is 5.56 Å². The molecule has 1 N–H and O–H groups in total. The number of fused-ring (bicyclic) bond motifs is 1. The average Bonchev–Trinajstić information content (AvgIpc) is 3.30. The predicted octanol–water partition coefficient (Wildman–Crippen LogP) is 5.37. The van der Waals surface area contributed by atoms with E-state index in [1.807, 2.05) is 22.9 Å². The van der Waals surface area contributed by atoms with E-state index in [0.717, 1.165) is 28.7 Å². The fourth-order valence-corrected chi connectivity index (χ4v) is 4.67. The van der Waals surface area contributed by atoms with E-state index in [1.165, 1.54) is 17.7 Å². The van der Waals surface area contributed by atoms with Gasteiger partial charge in [0.05, 0.1) is 11.6 Å². The van der Waals surface area contributed by atoms with Gasteiger partial charge in [0, 0.05) is 24.2 Å². The second kappa shape index (κ2) is 10.3. The van der Waals surface area contributed by atoms with Gasteiger partial charge in [0.15, 0.2) is 5.82 Å². The lowest BCUT2D eigenvalue weighted by atomic mass is 9.98. The molecule has 0 amide bonds. The summed E-state index contributed by atoms with van der Waals surface area (Å²) in [5, 5.41) is 13.7. The molecule has 0 aliphatic carbocycles. The van der Waals surface area contributed by atoms with E-state index in [1.54, 1.807) is 12.1 Å². The Bertz CT molecular complexity index is 1380. The van der Waals surface area contributed by atoms with Crippen molar-refractivity contribution < 1.29 is 4.39 Å². The van der Waals surface area contributed by atoms with E-state index in [0.29, 0.717) is 18.7 Å². The van der Waals surface area contributed by atoms with Gasteiger partial charge < -0.3 is 4.98 Å². The molecular formula is C28H35FN6O. The number of aromatic nitrogens is 5. The van der Waals surface area contributed by atoms with Crippen LogP contribution in [0.3, 0.4) is 0 Å². The second-order valence-corrected chi connectivity index (χ2v) is 10.7. The molecule has 0 fully saturated rings. The zero-order valence-corrected chi connectivity index (χ0v) is 21.9. The van der Waals surface area contributed by atoms with E-state index >= 15 is 0 Å². The van der Waals surface area contributed by atoms with E-state index < -0.39 is 0 Å². The Morgan fingerprint density at radius 2 is 1.72 bits per heavy atom. The van der Waals surface area contributed by atoms with Gasteiger partial charge in [-0.1, -0.05) is 39.0 Å². The summed E-state index contributed by atoms with van der Waals surface area (Å²) in [5.41, 5.74) is 3.22. The van der Waals surface area contributed by atoms with Crippen LogP contribution in [0.15, 0.2) is 53.3 Å². The van der Waals surface area contributed by atoms with Gasteiger partial charge in [0.1, 0.15) is 5.82 Å². The first-order valence-corrected chi connectivity index (χ1v) is 12.5. The minimum atomic E-state index is -0.315. The first kappa shape index (κ1) is 25.7. The fourth-order valence-electron chi connectivity index (χ4n) is 4.67. The third kappa shape index (κ3) is 5.54. The van der Waals surface area contributed by atoms with Crippen LogP contribution in [0.25, 0.3) is 10.9 Å². The summed E-state index contributed by atoms with van der Waals surface area (Å²) in [4.78, 5) is 18.4. The van der Waals surface area contributed by atoms with Crippen LogP contribution in [0.5, 0.6) is 0 Å². The molecule has 8 heteroatoms. The third-order valence-electron chi connectivity index (χ3n) is 6.48. The number of nitrogens with zero attached hydrogens (tertiary/aromatic N) is 5. The van der Waals surface area contributed by atoms with Crippen LogP contribution in [-0.4, -0.2) is 30.1 Å². The van der Waals surface area contributed by atoms with E-state index in [4.69, 9.17) is 0 Å². The Hall–Kier alpha value is -3.39. The van der Waals surface area contributed by atoms with Crippen molar-refractivity contribution in [3.63, 3.8) is 0 Å². The second-order valence-electron chi connectivity index (χ2n) is 10.7. The summed E-state index contributed by atoms with van der Waals surface area (Å²) in [7, 11) is 0. The predicted molar refractivity (Wildman–Crippen MR) is 140 cm³/mol. The maximum atomic E-state index is 13.6. The van der Waals surface area contributed by atoms with Crippen molar-refractivity contribution in [2.75, 3.05) is 0 Å². The Kier molecular flexibility index (Phi) is 7.36. The molecule has 2 aromatic carbocycles. The average molecular weight is 491 g/mol. The number of H-pyrrole nitrogens is 1. The number of benzene rings is 2. The summed E-state index contributed by atoms with van der Waals surface area (Å²) < 4.78 is 15.5. The van der Waals surface area contributed by atoms with Crippen molar-refractivity contribution in [2.45, 2.75) is 72.6 Å². The molecule has 2 aromatic heterocycles. The molecule has 0 saturated heterocycles. The standard InChI is InChI=1S/C28H35FN6O/c1-7-19-10-13-24-21(14-19)15-22(27(36)30-24)17-34(16-20-8-11-23(29)12-9-20)25(18(2)3)26-31-32-33-35(26)28(4,5)6/h8-15,18,25H,7,16-17H2,1-6H3,(H,30,36). The smallest absolute Gasteiger partial charge is 0.252 e. The highest BCUT2D eigenvalue weighted by Crippen LogP contribution is 2.32. The molecule has 1 unspecified atom stereocenters. The van der Waals surface area contributed by atoms with E-state index in [2.05, 4.69) is 73.0 Å². The van der Waals surface area contributed by atoms with Crippen molar-refractivity contribution in [3.8, 4) is 0 Å². The van der Waals surface area contributed by atoms with Gasteiger partial charge in [-0.25, -0.2) is 9.07 Å². The van der Waals surface area contributed by atoms with E-state index in [-0.39, 0.29) is 28.9 Å². The molecule has 190 valence electrons. The molecular weight excluding hydrogens is 455 g/mol. The van der Waals surface area contributed by atoms with Crippen molar-refractivity contribution in [1.82, 2.24) is 30.1 Å². The quantitative estimate of drug-likeness (QED) is 0.359. The van der Waals surface area contributed by atoms with Crippen molar-refractivity contribution in [2.24, 2.45) is 5.92 Å². The molecule has 36 heavy (non-hydrogen) atoms. The largest absolute Gasteiger partial charge is 0.322 e. The Labute approximate surface area is 211 Å². The van der Waals surface area contributed by atoms with Crippen LogP contribution in [-0.2, 0) is 25.0 Å². The molecule has 1 atom stereocenters. The molecule has 0 aliphatic rings. The van der Waals surface area contributed by atoms with Crippen LogP contribution in [0.2, 0.25) is 0 Å². The van der Waals surface area contributed by atoms with Crippen LogP contribution in [0.1, 0.15) is 70.1 Å². The lowest BCUT2D eigenvalue weighted by Gasteiger charge is -2.35. The number of rotatable bonds is 8. The highest BCUT2D eigenvalue weighted by molar-refractivity contribution is 5.79. The Morgan fingerprint density at radius 3 is 2.36 bits per heavy atom. The van der Waals surface area contributed by atoms with Gasteiger partial charge in [-0.2, -0.15) is 0 Å². The first-order chi connectivity index (χ1) is 17.1. The zero-order valence-electron chi connectivity index (χ0n) is 21.9. The minimum absolute atomic E-state index is 0.117. The number of pyridine rings is 1. The normalized spacial score (nSPS) is 13.1. The van der Waals surface area contributed by atoms with Crippen molar-refractivity contribution in [1.29, 1.82) is 0 Å². The minimum Gasteiger partial charge on any atom is -0.322 e. The number of aryl methyl sites for hydroxylation is 1. The van der Waals surface area contributed by atoms with Gasteiger partial charge in [-0.15, -0.1) is 5.10 Å². The highest BCUT2D eigenvalue weighted by Gasteiger charge is 2.33. The number of hydrogen-bond acceptors (Lipinski definition) is 5. The molecule has 0 aliphatic heterocycles. The SMILES string of the molecule is CCc1ccc2[nH]c(=O)c(CN(Cc3ccc(F)cc3)C(c3nnnn3C(C)(C)C)C(C)C)cc2c1. The lowest BCUT2D eigenvalue weighted by Crippen LogP contribution is -2.37. The number of hydrogen-bond donors (Lipinski definition) is 1. The van der Waals surface area contributed by atoms with Crippen LogP contribution >= 0.6 is 0 Å². The highest BCUT2D eigenvalue weighted by atomic mass is 19.1. The molecule has 7 nitrogen and oxygen atoms in total. The lowest BCUT2D eigenvalue weighted by molar-refractivity contribution is 0.119.